The van der Waals surface area contributed by atoms with E-state index >= 15 is 0 Å². The summed E-state index contributed by atoms with van der Waals surface area (Å²) in [6, 6.07) is 0. The number of esters is 2. The van der Waals surface area contributed by atoms with E-state index in [9.17, 15) is 23.7 Å². The lowest BCUT2D eigenvalue weighted by Crippen LogP contribution is -2.60. The lowest BCUT2D eigenvalue weighted by molar-refractivity contribution is -0.169. The monoisotopic (exact) mass is 519 g/mol. The van der Waals surface area contributed by atoms with Crippen molar-refractivity contribution in [3.8, 4) is 0 Å². The molecule has 33 heavy (non-hydrogen) atoms. The Balaban J connectivity index is 1.52. The second-order valence-corrected chi connectivity index (χ2v) is 12.9. The van der Waals surface area contributed by atoms with Crippen LogP contribution in [-0.2, 0) is 34.7 Å². The molecule has 0 aromatic rings. The van der Waals surface area contributed by atoms with Crippen LogP contribution in [0.1, 0.15) is 65.2 Å². The molecule has 3 rings (SSSR count). The van der Waals surface area contributed by atoms with E-state index in [1.54, 1.807) is 6.92 Å². The first kappa shape index (κ1) is 26.6. The normalized spacial score (nSPS) is 27.4. The molecular weight excluding hydrogens is 486 g/mol. The third kappa shape index (κ3) is 6.76. The van der Waals surface area contributed by atoms with Gasteiger partial charge in [0.25, 0.3) is 0 Å². The molecule has 11 heteroatoms. The van der Waals surface area contributed by atoms with E-state index in [0.717, 1.165) is 25.7 Å². The molecule has 5 atom stereocenters. The van der Waals surface area contributed by atoms with Crippen LogP contribution < -0.4 is 0 Å². The summed E-state index contributed by atoms with van der Waals surface area (Å²) >= 11 is 2.81. The van der Waals surface area contributed by atoms with Crippen LogP contribution in [0.2, 0.25) is 0 Å². The number of rotatable bonds is 13. The van der Waals surface area contributed by atoms with Gasteiger partial charge >= 0.3 is 11.9 Å². The number of ether oxygens (including phenoxy) is 2. The molecule has 0 aromatic heterocycles. The standard InChI is InChI=1S/C22H33NO7S3/c1-3-4-5-6-7-8-9-16(25)29-13-30-21(27)18-22(31-15-10-11-33(28)12-15)32-20-17(14(2)24)19(26)23(18)20/h14-15,17,20,24H,3-13H2,1-2H3/t14-,15+,17+,20-,33+/m1/s1. The molecule has 8 nitrogen and oxygen atoms in total. The SMILES string of the molecule is CCCCCCCCC(=O)OCOC(=O)C1=C(S[C@H]2CC[S@](=O)C2)S[C@@H]2[C@@H]([C@@H](C)O)C(=O)N12. The predicted molar refractivity (Wildman–Crippen MR) is 129 cm³/mol. The van der Waals surface area contributed by atoms with Gasteiger partial charge in [0.05, 0.1) is 16.3 Å². The van der Waals surface area contributed by atoms with Gasteiger partial charge < -0.3 is 14.6 Å². The third-order valence-corrected chi connectivity index (χ3v) is 10.5. The van der Waals surface area contributed by atoms with E-state index < -0.39 is 41.6 Å². The Morgan fingerprint density at radius 2 is 1.97 bits per heavy atom. The molecular formula is C22H33NO7S3. The van der Waals surface area contributed by atoms with Gasteiger partial charge in [-0.05, 0) is 19.8 Å². The van der Waals surface area contributed by atoms with Gasteiger partial charge in [-0.25, -0.2) is 4.79 Å². The van der Waals surface area contributed by atoms with Crippen molar-refractivity contribution in [2.24, 2.45) is 5.92 Å². The van der Waals surface area contributed by atoms with Gasteiger partial charge in [-0.3, -0.25) is 18.7 Å². The van der Waals surface area contributed by atoms with E-state index in [-0.39, 0.29) is 28.6 Å². The molecule has 0 aliphatic carbocycles. The number of nitrogens with zero attached hydrogens (tertiary/aromatic N) is 1. The second-order valence-electron chi connectivity index (χ2n) is 8.54. The van der Waals surface area contributed by atoms with Crippen molar-refractivity contribution < 1.29 is 33.2 Å². The van der Waals surface area contributed by atoms with Crippen LogP contribution >= 0.6 is 23.5 Å². The predicted octanol–water partition coefficient (Wildman–Crippen LogP) is 3.12. The van der Waals surface area contributed by atoms with Crippen LogP contribution in [0, 0.1) is 5.92 Å². The number of hydrogen-bond donors (Lipinski definition) is 1. The van der Waals surface area contributed by atoms with Crippen molar-refractivity contribution in [3.05, 3.63) is 9.93 Å². The number of unbranched alkanes of at least 4 members (excludes halogenated alkanes) is 5. The highest BCUT2D eigenvalue weighted by atomic mass is 32.2. The molecule has 2 saturated heterocycles. The van der Waals surface area contributed by atoms with E-state index in [1.165, 1.54) is 47.7 Å². The van der Waals surface area contributed by atoms with E-state index in [2.05, 4.69) is 6.92 Å². The maximum Gasteiger partial charge on any atom is 0.359 e. The number of β-lactam (4-membered cyclic amide) rings is 1. The maximum atomic E-state index is 12.8. The second kappa shape index (κ2) is 12.6. The Morgan fingerprint density at radius 1 is 1.24 bits per heavy atom. The maximum absolute atomic E-state index is 12.8. The van der Waals surface area contributed by atoms with Crippen molar-refractivity contribution in [2.75, 3.05) is 18.3 Å². The van der Waals surface area contributed by atoms with Crippen molar-refractivity contribution in [3.63, 3.8) is 0 Å². The average Bonchev–Trinajstić information content (AvgIpc) is 3.31. The van der Waals surface area contributed by atoms with Crippen molar-refractivity contribution in [1.82, 2.24) is 4.90 Å². The molecule has 0 saturated carbocycles. The first-order chi connectivity index (χ1) is 15.8. The highest BCUT2D eigenvalue weighted by Crippen LogP contribution is 2.55. The van der Waals surface area contributed by atoms with Gasteiger partial charge in [0.2, 0.25) is 12.7 Å². The minimum absolute atomic E-state index is 0.102. The summed E-state index contributed by atoms with van der Waals surface area (Å²) in [6.45, 7) is 3.22. The van der Waals surface area contributed by atoms with E-state index in [4.69, 9.17) is 9.47 Å². The van der Waals surface area contributed by atoms with Crippen LogP contribution in [0.25, 0.3) is 0 Å². The van der Waals surface area contributed by atoms with Crippen LogP contribution in [0.5, 0.6) is 0 Å². The van der Waals surface area contributed by atoms with Gasteiger partial charge in [0.1, 0.15) is 5.37 Å². The molecule has 0 bridgehead atoms. The molecule has 3 aliphatic rings. The minimum atomic E-state index is -0.861. The molecule has 2 fully saturated rings. The Bertz CT molecular complexity index is 801. The zero-order valence-corrected chi connectivity index (χ0v) is 21.6. The molecule has 3 heterocycles. The fraction of sp³-hybridized carbons (Fsp3) is 0.773. The highest BCUT2D eigenvalue weighted by Gasteiger charge is 2.58. The number of aliphatic hydroxyl groups excluding tert-OH is 1. The lowest BCUT2D eigenvalue weighted by atomic mass is 9.92. The number of thioether (sulfide) groups is 2. The van der Waals surface area contributed by atoms with Gasteiger partial charge in [-0.1, -0.05) is 50.8 Å². The summed E-state index contributed by atoms with van der Waals surface area (Å²) < 4.78 is 22.6. The molecule has 0 unspecified atom stereocenters. The Morgan fingerprint density at radius 3 is 2.64 bits per heavy atom. The van der Waals surface area contributed by atoms with Crippen LogP contribution in [0.15, 0.2) is 9.93 Å². The van der Waals surface area contributed by atoms with Gasteiger partial charge in [0.15, 0.2) is 5.70 Å². The minimum Gasteiger partial charge on any atom is -0.428 e. The number of hydrogen-bond acceptors (Lipinski definition) is 9. The van der Waals surface area contributed by atoms with E-state index in [1.807, 2.05) is 0 Å². The fourth-order valence-electron chi connectivity index (χ4n) is 4.04. The number of carbonyl (C=O) groups excluding carboxylic acids is 3. The fourth-order valence-corrected chi connectivity index (χ4v) is 9.29. The average molecular weight is 520 g/mol. The lowest BCUT2D eigenvalue weighted by Gasteiger charge is -2.43. The quantitative estimate of drug-likeness (QED) is 0.170. The molecule has 0 aromatic carbocycles. The number of carbonyl (C=O) groups is 3. The van der Waals surface area contributed by atoms with Gasteiger partial charge in [0, 0.05) is 34.0 Å². The molecule has 1 N–H and O–H groups in total. The molecule has 1 amide bonds. The summed E-state index contributed by atoms with van der Waals surface area (Å²) in [6.07, 6.45) is 6.58. The Hall–Kier alpha value is -1.04. The van der Waals surface area contributed by atoms with Crippen LogP contribution in [0.3, 0.4) is 0 Å². The number of fused-ring (bicyclic) bond motifs is 1. The molecule has 186 valence electrons. The largest absolute Gasteiger partial charge is 0.428 e. The van der Waals surface area contributed by atoms with Crippen molar-refractivity contribution in [1.29, 1.82) is 0 Å². The molecule has 3 aliphatic heterocycles. The summed E-state index contributed by atoms with van der Waals surface area (Å²) in [5.74, 6) is -0.860. The third-order valence-electron chi connectivity index (χ3n) is 5.92. The molecule has 0 spiro atoms. The smallest absolute Gasteiger partial charge is 0.359 e. The Kier molecular flexibility index (Phi) is 10.1. The first-order valence-corrected chi connectivity index (χ1v) is 14.8. The highest BCUT2D eigenvalue weighted by molar-refractivity contribution is 8.23. The summed E-state index contributed by atoms with van der Waals surface area (Å²) in [4.78, 5) is 38.7. The van der Waals surface area contributed by atoms with Gasteiger partial charge in [-0.15, -0.1) is 11.8 Å². The number of aliphatic hydroxyl groups is 1. The van der Waals surface area contributed by atoms with Gasteiger partial charge in [-0.2, -0.15) is 0 Å². The Labute approximate surface area is 206 Å². The summed E-state index contributed by atoms with van der Waals surface area (Å²) in [5.41, 5.74) is 0.140. The topological polar surface area (TPSA) is 110 Å². The van der Waals surface area contributed by atoms with Crippen LogP contribution in [-0.4, -0.2) is 67.1 Å². The van der Waals surface area contributed by atoms with Crippen molar-refractivity contribution in [2.45, 2.75) is 81.9 Å². The molecule has 0 radical (unpaired) electrons. The van der Waals surface area contributed by atoms with Crippen LogP contribution in [0.4, 0.5) is 0 Å². The zero-order chi connectivity index (χ0) is 24.0. The summed E-state index contributed by atoms with van der Waals surface area (Å²) in [5, 5.41) is 9.70. The van der Waals surface area contributed by atoms with Crippen molar-refractivity contribution >= 4 is 52.2 Å². The first-order valence-electron chi connectivity index (χ1n) is 11.6. The zero-order valence-electron chi connectivity index (χ0n) is 19.2. The number of amides is 1. The van der Waals surface area contributed by atoms with E-state index in [0.29, 0.717) is 15.7 Å². The summed E-state index contributed by atoms with van der Waals surface area (Å²) in [7, 11) is -0.861.